The lowest BCUT2D eigenvalue weighted by Gasteiger charge is -2.11. The van der Waals surface area contributed by atoms with Gasteiger partial charge < -0.3 is 8.83 Å². The maximum absolute atomic E-state index is 5.53. The Hall–Kier alpha value is -1.70. The van der Waals surface area contributed by atoms with Crippen molar-refractivity contribution in [2.24, 2.45) is 0 Å². The average Bonchev–Trinajstić information content (AvgIpc) is 3.09. The summed E-state index contributed by atoms with van der Waals surface area (Å²) in [5, 5.41) is 2.69. The van der Waals surface area contributed by atoms with Gasteiger partial charge in [0.2, 0.25) is 0 Å². The van der Waals surface area contributed by atoms with Gasteiger partial charge in [0.05, 0.1) is 0 Å². The third-order valence-corrected chi connectivity index (χ3v) is 3.45. The van der Waals surface area contributed by atoms with Crippen LogP contribution in [-0.4, -0.2) is 0 Å². The molecule has 66 valence electrons. The van der Waals surface area contributed by atoms with Crippen molar-refractivity contribution < 1.29 is 8.83 Å². The molecule has 0 radical (unpaired) electrons. The van der Waals surface area contributed by atoms with E-state index >= 15 is 0 Å². The Balaban J connectivity index is 2.24. The molecule has 0 fully saturated rings. The number of benzene rings is 2. The molecule has 0 saturated heterocycles. The minimum absolute atomic E-state index is 1.05. The van der Waals surface area contributed by atoms with Gasteiger partial charge in [0.1, 0.15) is 0 Å². The molecule has 2 heterocycles. The second-order valence-electron chi connectivity index (χ2n) is 4.16. The molecule has 14 heavy (non-hydrogen) atoms. The monoisotopic (exact) mass is 182 g/mol. The number of hydrogen-bond donors (Lipinski definition) is 0. The number of hydrogen-bond acceptors (Lipinski definition) is 2. The van der Waals surface area contributed by atoms with Crippen LogP contribution in [0.5, 0.6) is 0 Å². The lowest BCUT2D eigenvalue weighted by atomic mass is 9.88. The predicted molar refractivity (Wildman–Crippen MR) is 53.3 cm³/mol. The second-order valence-corrected chi connectivity index (χ2v) is 4.16. The van der Waals surface area contributed by atoms with E-state index in [-0.39, 0.29) is 0 Å². The van der Waals surface area contributed by atoms with Crippen molar-refractivity contribution in [1.29, 1.82) is 0 Å². The van der Waals surface area contributed by atoms with E-state index in [9.17, 15) is 0 Å². The highest BCUT2D eigenvalue weighted by atomic mass is 16.4. The van der Waals surface area contributed by atoms with E-state index in [4.69, 9.17) is 8.83 Å². The normalized spacial score (nSPS) is 16.0. The van der Waals surface area contributed by atoms with Gasteiger partial charge >= 0.3 is 0 Å². The van der Waals surface area contributed by atoms with Crippen LogP contribution in [0.15, 0.2) is 21.0 Å². The smallest absolute Gasteiger partial charge is 0.174 e. The summed E-state index contributed by atoms with van der Waals surface area (Å²) in [5.41, 5.74) is 7.18. The Morgan fingerprint density at radius 3 is 1.93 bits per heavy atom. The van der Waals surface area contributed by atoms with Gasteiger partial charge in [-0.2, -0.15) is 0 Å². The Morgan fingerprint density at radius 1 is 0.786 bits per heavy atom. The van der Waals surface area contributed by atoms with Crippen LogP contribution in [-0.2, 0) is 12.8 Å². The lowest BCUT2D eigenvalue weighted by Crippen LogP contribution is -1.99. The summed E-state index contributed by atoms with van der Waals surface area (Å²) in [5.74, 6) is 0. The lowest BCUT2D eigenvalue weighted by molar-refractivity contribution is 0.755. The molecule has 6 rings (SSSR count). The van der Waals surface area contributed by atoms with Crippen LogP contribution in [0.4, 0.5) is 0 Å². The fraction of sp³-hybridized carbons (Fsp3) is 0.167. The molecule has 4 aromatic rings. The molecule has 2 aliphatic rings. The molecule has 0 atom stereocenters. The third-order valence-electron chi connectivity index (χ3n) is 3.45. The summed E-state index contributed by atoms with van der Waals surface area (Å²) in [6, 6.07) is 4.31. The first-order chi connectivity index (χ1) is 6.92. The van der Waals surface area contributed by atoms with Gasteiger partial charge in [-0.1, -0.05) is 0 Å². The van der Waals surface area contributed by atoms with Crippen molar-refractivity contribution in [3.63, 3.8) is 0 Å². The molecule has 2 bridgehead atoms. The van der Waals surface area contributed by atoms with Crippen molar-refractivity contribution in [3.8, 4) is 0 Å². The van der Waals surface area contributed by atoms with E-state index in [1.54, 1.807) is 0 Å². The van der Waals surface area contributed by atoms with Gasteiger partial charge in [0.25, 0.3) is 0 Å². The van der Waals surface area contributed by atoms with Gasteiger partial charge in [0, 0.05) is 11.1 Å². The minimum atomic E-state index is 1.05. The Labute approximate surface area is 78.7 Å². The Morgan fingerprint density at radius 2 is 1.36 bits per heavy atom. The van der Waals surface area contributed by atoms with E-state index in [0.29, 0.717) is 0 Å². The first-order valence-electron chi connectivity index (χ1n) is 4.93. The van der Waals surface area contributed by atoms with Gasteiger partial charge in [-0.3, -0.25) is 0 Å². The predicted octanol–water partition coefficient (Wildman–Crippen LogP) is 3.31. The molecule has 0 N–H and O–H groups in total. The van der Waals surface area contributed by atoms with Crippen molar-refractivity contribution in [2.75, 3.05) is 0 Å². The SMILES string of the molecule is c1c2oc2cc2c3c4oc4c(c12)CC3. The largest absolute Gasteiger partial charge is 0.449 e. The highest BCUT2D eigenvalue weighted by Crippen LogP contribution is 2.46. The van der Waals surface area contributed by atoms with E-state index in [0.717, 1.165) is 35.2 Å². The summed E-state index contributed by atoms with van der Waals surface area (Å²) < 4.78 is 10.9. The molecule has 2 aromatic heterocycles. The highest BCUT2D eigenvalue weighted by Gasteiger charge is 2.29. The summed E-state index contributed by atoms with van der Waals surface area (Å²) in [6.07, 6.45) is 2.28. The minimum Gasteiger partial charge on any atom is -0.449 e. The summed E-state index contributed by atoms with van der Waals surface area (Å²) >= 11 is 0. The number of aryl methyl sites for hydroxylation is 2. The Bertz CT molecular complexity index is 710. The van der Waals surface area contributed by atoms with E-state index in [1.165, 1.54) is 21.9 Å². The Kier molecular flexibility index (Phi) is 0.632. The molecule has 2 nitrogen and oxygen atoms in total. The zero-order valence-corrected chi connectivity index (χ0v) is 7.39. The first kappa shape index (κ1) is 5.91. The van der Waals surface area contributed by atoms with Crippen molar-refractivity contribution in [3.05, 3.63) is 23.3 Å². The number of rotatable bonds is 0. The van der Waals surface area contributed by atoms with E-state index in [1.807, 2.05) is 0 Å². The van der Waals surface area contributed by atoms with Crippen LogP contribution in [0.2, 0.25) is 0 Å². The topological polar surface area (TPSA) is 26.3 Å². The second kappa shape index (κ2) is 1.50. The van der Waals surface area contributed by atoms with Crippen molar-refractivity contribution >= 4 is 33.1 Å². The molecule has 0 spiro atoms. The summed E-state index contributed by atoms with van der Waals surface area (Å²) in [4.78, 5) is 0. The molecule has 2 aromatic carbocycles. The zero-order chi connectivity index (χ0) is 8.86. The van der Waals surface area contributed by atoms with Gasteiger partial charge in [0.15, 0.2) is 22.3 Å². The van der Waals surface area contributed by atoms with Crippen LogP contribution >= 0.6 is 0 Å². The number of fused-ring (bicyclic) bond motifs is 2. The fourth-order valence-electron chi connectivity index (χ4n) is 2.68. The molecular formula is C12H6O2. The molecule has 2 aliphatic carbocycles. The summed E-state index contributed by atoms with van der Waals surface area (Å²) in [6.45, 7) is 0. The van der Waals surface area contributed by atoms with E-state index < -0.39 is 0 Å². The zero-order valence-electron chi connectivity index (χ0n) is 7.39. The molecule has 2 heteroatoms. The standard InChI is InChI=1S/C12H6O2/c1-2-6-8-4-10-9(13-10)3-7(8)5(1)11-12(6)14-11/h3-4H,1-2H2. The molecule has 0 amide bonds. The maximum atomic E-state index is 5.53. The average molecular weight is 182 g/mol. The van der Waals surface area contributed by atoms with Crippen LogP contribution in [0.1, 0.15) is 11.1 Å². The van der Waals surface area contributed by atoms with Gasteiger partial charge in [-0.05, 0) is 35.7 Å². The van der Waals surface area contributed by atoms with Crippen molar-refractivity contribution in [2.45, 2.75) is 12.8 Å². The first-order valence-corrected chi connectivity index (χ1v) is 4.93. The molecule has 0 saturated carbocycles. The van der Waals surface area contributed by atoms with Gasteiger partial charge in [-0.25, -0.2) is 0 Å². The highest BCUT2D eigenvalue weighted by molar-refractivity contribution is 6.10. The fourth-order valence-corrected chi connectivity index (χ4v) is 2.68. The third kappa shape index (κ3) is 0.475. The maximum Gasteiger partial charge on any atom is 0.174 e. The van der Waals surface area contributed by atoms with Crippen LogP contribution < -0.4 is 0 Å². The van der Waals surface area contributed by atoms with Crippen molar-refractivity contribution in [1.82, 2.24) is 0 Å². The van der Waals surface area contributed by atoms with Crippen LogP contribution in [0.3, 0.4) is 0 Å². The quantitative estimate of drug-likeness (QED) is 0.417. The van der Waals surface area contributed by atoms with Crippen LogP contribution in [0, 0.1) is 0 Å². The van der Waals surface area contributed by atoms with E-state index in [2.05, 4.69) is 12.1 Å². The molecule has 0 unspecified atom stereocenters. The van der Waals surface area contributed by atoms with Gasteiger partial charge in [-0.15, -0.1) is 0 Å². The summed E-state index contributed by atoms with van der Waals surface area (Å²) in [7, 11) is 0. The van der Waals surface area contributed by atoms with Crippen LogP contribution in [0.25, 0.3) is 33.1 Å². The molecule has 0 aliphatic heterocycles. The molecular weight excluding hydrogens is 176 g/mol.